The molecule has 1 atom stereocenters. The van der Waals surface area contributed by atoms with Crippen molar-refractivity contribution in [2.75, 3.05) is 5.32 Å². The number of benzene rings is 2. The van der Waals surface area contributed by atoms with Crippen molar-refractivity contribution in [1.29, 1.82) is 5.26 Å². The molecule has 4 nitrogen and oxygen atoms in total. The number of hydrogen-bond donors (Lipinski definition) is 2. The van der Waals surface area contributed by atoms with Gasteiger partial charge >= 0.3 is 0 Å². The molecule has 20 heavy (non-hydrogen) atoms. The van der Waals surface area contributed by atoms with Gasteiger partial charge in [0.2, 0.25) is 0 Å². The minimum atomic E-state index is -0.316. The van der Waals surface area contributed by atoms with Gasteiger partial charge in [0.25, 0.3) is 5.91 Å². The number of nitrogens with one attached hydrogen (secondary N) is 2. The number of carbonyl (C=O) groups is 1. The largest absolute Gasteiger partial charge is 0.361 e. The molecule has 0 aromatic heterocycles. The van der Waals surface area contributed by atoms with Crippen molar-refractivity contribution in [2.45, 2.75) is 6.17 Å². The molecule has 98 valence electrons. The summed E-state index contributed by atoms with van der Waals surface area (Å²) >= 11 is 5.89. The highest BCUT2D eigenvalue weighted by molar-refractivity contribution is 6.31. The van der Waals surface area contributed by atoms with Gasteiger partial charge in [-0.15, -0.1) is 0 Å². The van der Waals surface area contributed by atoms with Gasteiger partial charge in [-0.25, -0.2) is 0 Å². The van der Waals surface area contributed by atoms with E-state index in [0.717, 1.165) is 11.3 Å². The fraction of sp³-hybridized carbons (Fsp3) is 0.0667. The summed E-state index contributed by atoms with van der Waals surface area (Å²) in [4.78, 5) is 12.1. The van der Waals surface area contributed by atoms with E-state index in [4.69, 9.17) is 16.9 Å². The number of rotatable bonds is 1. The van der Waals surface area contributed by atoms with E-state index >= 15 is 0 Å². The SMILES string of the molecule is N#Cc1ccc(C2NC(=O)c3cc(Cl)ccc3N2)cc1. The molecule has 0 bridgehead atoms. The highest BCUT2D eigenvalue weighted by Gasteiger charge is 2.24. The van der Waals surface area contributed by atoms with Crippen molar-refractivity contribution in [1.82, 2.24) is 5.32 Å². The lowest BCUT2D eigenvalue weighted by Crippen LogP contribution is -2.38. The van der Waals surface area contributed by atoms with Gasteiger partial charge in [-0.1, -0.05) is 23.7 Å². The second-order valence-corrected chi connectivity index (χ2v) is 4.91. The van der Waals surface area contributed by atoms with Crippen LogP contribution in [0.1, 0.15) is 27.7 Å². The Morgan fingerprint density at radius 3 is 2.55 bits per heavy atom. The first-order valence-corrected chi connectivity index (χ1v) is 6.42. The van der Waals surface area contributed by atoms with Crippen molar-refractivity contribution in [3.8, 4) is 6.07 Å². The van der Waals surface area contributed by atoms with E-state index in [-0.39, 0.29) is 12.1 Å². The van der Waals surface area contributed by atoms with Gasteiger partial charge in [0.05, 0.1) is 17.2 Å². The summed E-state index contributed by atoms with van der Waals surface area (Å²) < 4.78 is 0. The van der Waals surface area contributed by atoms with Crippen LogP contribution in [0.2, 0.25) is 5.02 Å². The lowest BCUT2D eigenvalue weighted by molar-refractivity contribution is 0.0935. The predicted octanol–water partition coefficient (Wildman–Crippen LogP) is 3.07. The van der Waals surface area contributed by atoms with Crippen molar-refractivity contribution >= 4 is 23.2 Å². The number of hydrogen-bond acceptors (Lipinski definition) is 3. The Hall–Kier alpha value is -2.51. The van der Waals surface area contributed by atoms with Crippen molar-refractivity contribution in [3.63, 3.8) is 0 Å². The van der Waals surface area contributed by atoms with Gasteiger partial charge in [0, 0.05) is 10.7 Å². The molecular formula is C15H10ClN3O. The minimum Gasteiger partial charge on any atom is -0.361 e. The number of fused-ring (bicyclic) bond motifs is 1. The summed E-state index contributed by atoms with van der Waals surface area (Å²) in [7, 11) is 0. The Morgan fingerprint density at radius 2 is 1.85 bits per heavy atom. The van der Waals surface area contributed by atoms with E-state index in [1.165, 1.54) is 0 Å². The molecule has 0 radical (unpaired) electrons. The Labute approximate surface area is 121 Å². The first-order valence-electron chi connectivity index (χ1n) is 6.04. The second-order valence-electron chi connectivity index (χ2n) is 4.47. The van der Waals surface area contributed by atoms with Crippen LogP contribution in [0, 0.1) is 11.3 Å². The molecule has 0 aliphatic carbocycles. The van der Waals surface area contributed by atoms with E-state index in [0.29, 0.717) is 16.1 Å². The molecule has 0 fully saturated rings. The van der Waals surface area contributed by atoms with Crippen LogP contribution in [0.3, 0.4) is 0 Å². The third-order valence-corrected chi connectivity index (χ3v) is 3.41. The Balaban J connectivity index is 1.93. The minimum absolute atomic E-state index is 0.171. The lowest BCUT2D eigenvalue weighted by Gasteiger charge is -2.28. The molecule has 1 unspecified atom stereocenters. The van der Waals surface area contributed by atoms with Gasteiger partial charge in [0.15, 0.2) is 0 Å². The van der Waals surface area contributed by atoms with Gasteiger partial charge in [-0.05, 0) is 35.9 Å². The van der Waals surface area contributed by atoms with E-state index in [1.807, 2.05) is 12.1 Å². The standard InChI is InChI=1S/C15H10ClN3O/c16-11-5-6-13-12(7-11)15(20)19-14(18-13)10-3-1-9(8-17)2-4-10/h1-7,14,18H,(H,19,20). The Bertz CT molecular complexity index is 719. The quantitative estimate of drug-likeness (QED) is 0.845. The maximum absolute atomic E-state index is 12.1. The van der Waals surface area contributed by atoms with Crippen LogP contribution in [0.25, 0.3) is 0 Å². The smallest absolute Gasteiger partial charge is 0.255 e. The van der Waals surface area contributed by atoms with Gasteiger partial charge in [0.1, 0.15) is 6.17 Å². The zero-order valence-corrected chi connectivity index (χ0v) is 11.1. The first-order chi connectivity index (χ1) is 9.67. The molecule has 0 saturated carbocycles. The average Bonchev–Trinajstić information content (AvgIpc) is 2.48. The Morgan fingerprint density at radius 1 is 1.10 bits per heavy atom. The molecule has 0 spiro atoms. The van der Waals surface area contributed by atoms with E-state index < -0.39 is 0 Å². The molecule has 5 heteroatoms. The molecule has 2 aromatic rings. The number of carbonyl (C=O) groups excluding carboxylic acids is 1. The van der Waals surface area contributed by atoms with Crippen LogP contribution in [-0.4, -0.2) is 5.91 Å². The molecule has 1 aliphatic rings. The summed E-state index contributed by atoms with van der Waals surface area (Å²) in [5.74, 6) is -0.171. The van der Waals surface area contributed by atoms with Crippen molar-refractivity contribution in [2.24, 2.45) is 0 Å². The summed E-state index contributed by atoms with van der Waals surface area (Å²) in [5, 5.41) is 15.4. The monoisotopic (exact) mass is 283 g/mol. The fourth-order valence-electron chi connectivity index (χ4n) is 2.15. The third-order valence-electron chi connectivity index (χ3n) is 3.17. The van der Waals surface area contributed by atoms with E-state index in [2.05, 4.69) is 16.7 Å². The third kappa shape index (κ3) is 2.20. The molecular weight excluding hydrogens is 274 g/mol. The Kier molecular flexibility index (Phi) is 3.05. The maximum atomic E-state index is 12.1. The lowest BCUT2D eigenvalue weighted by atomic mass is 10.0. The van der Waals surface area contributed by atoms with E-state index in [1.54, 1.807) is 30.3 Å². The van der Waals surface area contributed by atoms with Crippen LogP contribution >= 0.6 is 11.6 Å². The summed E-state index contributed by atoms with van der Waals surface area (Å²) in [6.45, 7) is 0. The maximum Gasteiger partial charge on any atom is 0.255 e. The summed E-state index contributed by atoms with van der Waals surface area (Å²) in [5.41, 5.74) is 2.75. The predicted molar refractivity (Wildman–Crippen MR) is 76.4 cm³/mol. The zero-order chi connectivity index (χ0) is 14.1. The highest BCUT2D eigenvalue weighted by Crippen LogP contribution is 2.28. The van der Waals surface area contributed by atoms with Gasteiger partial charge in [-0.3, -0.25) is 4.79 Å². The normalized spacial score (nSPS) is 16.6. The fourth-order valence-corrected chi connectivity index (χ4v) is 2.32. The number of amides is 1. The van der Waals surface area contributed by atoms with Crippen LogP contribution in [0.15, 0.2) is 42.5 Å². The van der Waals surface area contributed by atoms with Crippen LogP contribution in [0.5, 0.6) is 0 Å². The molecule has 3 rings (SSSR count). The number of anilines is 1. The average molecular weight is 284 g/mol. The van der Waals surface area contributed by atoms with Crippen LogP contribution in [0.4, 0.5) is 5.69 Å². The zero-order valence-electron chi connectivity index (χ0n) is 10.4. The van der Waals surface area contributed by atoms with E-state index in [9.17, 15) is 4.79 Å². The number of halogens is 1. The summed E-state index contributed by atoms with van der Waals surface area (Å²) in [6.07, 6.45) is -0.316. The number of nitrogens with zero attached hydrogens (tertiary/aromatic N) is 1. The van der Waals surface area contributed by atoms with Crippen molar-refractivity contribution in [3.05, 3.63) is 64.2 Å². The molecule has 0 saturated heterocycles. The molecule has 1 amide bonds. The summed E-state index contributed by atoms with van der Waals surface area (Å²) in [6, 6.07) is 14.3. The van der Waals surface area contributed by atoms with Gasteiger partial charge < -0.3 is 10.6 Å². The van der Waals surface area contributed by atoms with Crippen LogP contribution < -0.4 is 10.6 Å². The van der Waals surface area contributed by atoms with Gasteiger partial charge in [-0.2, -0.15) is 5.26 Å². The number of nitriles is 1. The highest BCUT2D eigenvalue weighted by atomic mass is 35.5. The molecule has 2 N–H and O–H groups in total. The molecule has 1 heterocycles. The first kappa shape index (κ1) is 12.5. The van der Waals surface area contributed by atoms with Crippen molar-refractivity contribution < 1.29 is 4.79 Å². The molecule has 2 aromatic carbocycles. The topological polar surface area (TPSA) is 64.9 Å². The van der Waals surface area contributed by atoms with Crippen LogP contribution in [-0.2, 0) is 0 Å². The second kappa shape index (κ2) is 4.87. The molecule has 1 aliphatic heterocycles.